The fourth-order valence-electron chi connectivity index (χ4n) is 3.66. The first kappa shape index (κ1) is 18.9. The summed E-state index contributed by atoms with van der Waals surface area (Å²) in [7, 11) is 0. The van der Waals surface area contributed by atoms with E-state index < -0.39 is 23.5 Å². The van der Waals surface area contributed by atoms with E-state index in [9.17, 15) is 18.8 Å². The molecular weight excluding hydrogens is 407 g/mol. The molecule has 3 heterocycles. The predicted octanol–water partition coefficient (Wildman–Crippen LogP) is 2.35. The number of aromatic nitrogens is 3. The zero-order chi connectivity index (χ0) is 21.5. The maximum absolute atomic E-state index is 13.4. The first-order chi connectivity index (χ1) is 15.0. The van der Waals surface area contributed by atoms with Crippen LogP contribution in [0.25, 0.3) is 22.5 Å². The zero-order valence-corrected chi connectivity index (χ0v) is 16.0. The standard InChI is InChI=1S/C21H15FN4O5/c22-13-3-1-2-12(10-13)19-24-18(31-25-19)9-11-4-6-16-15(8-11)26(21(29)30-16)14-5-7-17(27)23-20(14)28/h1-4,6,8,10,14H,5,7,9H2,(H,23,27,28). The molecule has 1 aliphatic rings. The lowest BCUT2D eigenvalue weighted by Crippen LogP contribution is -2.43. The molecule has 4 aromatic rings. The van der Waals surface area contributed by atoms with Crippen LogP contribution in [0, 0.1) is 5.82 Å². The van der Waals surface area contributed by atoms with Crippen LogP contribution in [0.1, 0.15) is 30.3 Å². The summed E-state index contributed by atoms with van der Waals surface area (Å²) in [6.45, 7) is 0. The molecule has 1 N–H and O–H groups in total. The van der Waals surface area contributed by atoms with Crippen LogP contribution >= 0.6 is 0 Å². The average molecular weight is 422 g/mol. The summed E-state index contributed by atoms with van der Waals surface area (Å²) in [5.41, 5.74) is 1.99. The zero-order valence-electron chi connectivity index (χ0n) is 16.0. The van der Waals surface area contributed by atoms with Crippen LogP contribution in [0.5, 0.6) is 0 Å². The average Bonchev–Trinajstić information content (AvgIpc) is 3.32. The number of imide groups is 1. The highest BCUT2D eigenvalue weighted by atomic mass is 19.1. The minimum Gasteiger partial charge on any atom is -0.408 e. The first-order valence-electron chi connectivity index (χ1n) is 9.54. The molecule has 156 valence electrons. The topological polar surface area (TPSA) is 120 Å². The summed E-state index contributed by atoms with van der Waals surface area (Å²) in [5.74, 6) is -1.42. The summed E-state index contributed by atoms with van der Waals surface area (Å²) in [6.07, 6.45) is 0.608. The van der Waals surface area contributed by atoms with Crippen molar-refractivity contribution < 1.29 is 22.9 Å². The van der Waals surface area contributed by atoms with E-state index >= 15 is 0 Å². The maximum Gasteiger partial charge on any atom is 0.420 e. The second kappa shape index (κ2) is 7.31. The monoisotopic (exact) mass is 422 g/mol. The molecule has 0 radical (unpaired) electrons. The van der Waals surface area contributed by atoms with Crippen LogP contribution < -0.4 is 11.1 Å². The number of nitrogens with one attached hydrogen (secondary N) is 1. The summed E-state index contributed by atoms with van der Waals surface area (Å²) >= 11 is 0. The number of carbonyl (C=O) groups excluding carboxylic acids is 2. The van der Waals surface area contributed by atoms with Gasteiger partial charge in [-0.3, -0.25) is 19.5 Å². The van der Waals surface area contributed by atoms with Gasteiger partial charge in [0.15, 0.2) is 5.58 Å². The molecular formula is C21H15FN4O5. The lowest BCUT2D eigenvalue weighted by Gasteiger charge is -2.21. The summed E-state index contributed by atoms with van der Waals surface area (Å²) in [5, 5.41) is 6.13. The normalized spacial score (nSPS) is 16.6. The Morgan fingerprint density at radius 2 is 2.03 bits per heavy atom. The SMILES string of the molecule is O=C1CCC(n2c(=O)oc3ccc(Cc4nc(-c5cccc(F)c5)no4)cc32)C(=O)N1. The quantitative estimate of drug-likeness (QED) is 0.501. The number of hydrogen-bond acceptors (Lipinski definition) is 7. The van der Waals surface area contributed by atoms with Crippen molar-refractivity contribution in [2.45, 2.75) is 25.3 Å². The van der Waals surface area contributed by atoms with Crippen molar-refractivity contribution in [3.8, 4) is 11.4 Å². The van der Waals surface area contributed by atoms with Crippen molar-refractivity contribution in [1.82, 2.24) is 20.0 Å². The Kier molecular flexibility index (Phi) is 4.46. The third-order valence-electron chi connectivity index (χ3n) is 5.10. The van der Waals surface area contributed by atoms with Crippen molar-refractivity contribution in [3.05, 3.63) is 70.3 Å². The molecule has 1 fully saturated rings. The minimum atomic E-state index is -0.829. The van der Waals surface area contributed by atoms with Gasteiger partial charge in [0, 0.05) is 12.0 Å². The molecule has 1 saturated heterocycles. The van der Waals surface area contributed by atoms with Crippen LogP contribution in [0.4, 0.5) is 4.39 Å². The maximum atomic E-state index is 13.4. The van der Waals surface area contributed by atoms with Crippen molar-refractivity contribution in [2.24, 2.45) is 0 Å². The summed E-state index contributed by atoms with van der Waals surface area (Å²) < 4.78 is 25.2. The van der Waals surface area contributed by atoms with Gasteiger partial charge in [-0.15, -0.1) is 0 Å². The molecule has 2 amide bonds. The molecule has 0 aliphatic carbocycles. The number of carbonyl (C=O) groups is 2. The fraction of sp³-hybridized carbons (Fsp3) is 0.190. The molecule has 1 aliphatic heterocycles. The van der Waals surface area contributed by atoms with E-state index in [4.69, 9.17) is 8.94 Å². The van der Waals surface area contributed by atoms with Crippen molar-refractivity contribution in [2.75, 3.05) is 0 Å². The van der Waals surface area contributed by atoms with Gasteiger partial charge in [-0.1, -0.05) is 23.4 Å². The Morgan fingerprint density at radius 1 is 1.16 bits per heavy atom. The van der Waals surface area contributed by atoms with Crippen molar-refractivity contribution >= 4 is 22.9 Å². The number of rotatable bonds is 4. The van der Waals surface area contributed by atoms with Crippen molar-refractivity contribution in [1.29, 1.82) is 0 Å². The number of halogens is 1. The Bertz CT molecular complexity index is 1390. The summed E-state index contributed by atoms with van der Waals surface area (Å²) in [6, 6.07) is 10.1. The Morgan fingerprint density at radius 3 is 2.84 bits per heavy atom. The number of benzene rings is 2. The molecule has 10 heteroatoms. The highest BCUT2D eigenvalue weighted by molar-refractivity contribution is 6.00. The third-order valence-corrected chi connectivity index (χ3v) is 5.10. The summed E-state index contributed by atoms with van der Waals surface area (Å²) in [4.78, 5) is 40.4. The molecule has 1 unspecified atom stereocenters. The lowest BCUT2D eigenvalue weighted by atomic mass is 10.1. The number of piperidine rings is 1. The lowest BCUT2D eigenvalue weighted by molar-refractivity contribution is -0.135. The van der Waals surface area contributed by atoms with E-state index in [1.54, 1.807) is 30.3 Å². The van der Waals surface area contributed by atoms with E-state index in [2.05, 4.69) is 15.5 Å². The van der Waals surface area contributed by atoms with Gasteiger partial charge < -0.3 is 8.94 Å². The van der Waals surface area contributed by atoms with Crippen LogP contribution in [0.2, 0.25) is 0 Å². The van der Waals surface area contributed by atoms with Gasteiger partial charge >= 0.3 is 5.76 Å². The molecule has 9 nitrogen and oxygen atoms in total. The van der Waals surface area contributed by atoms with Gasteiger partial charge in [-0.25, -0.2) is 9.18 Å². The molecule has 0 spiro atoms. The van der Waals surface area contributed by atoms with E-state index in [-0.39, 0.29) is 31.0 Å². The van der Waals surface area contributed by atoms with Crippen LogP contribution in [0.3, 0.4) is 0 Å². The molecule has 1 atom stereocenters. The van der Waals surface area contributed by atoms with Crippen LogP contribution in [-0.4, -0.2) is 26.5 Å². The van der Waals surface area contributed by atoms with Gasteiger partial charge in [0.05, 0.1) is 11.9 Å². The molecule has 2 aromatic carbocycles. The van der Waals surface area contributed by atoms with Gasteiger partial charge in [0.1, 0.15) is 11.9 Å². The second-order valence-corrected chi connectivity index (χ2v) is 7.21. The number of amides is 2. The van der Waals surface area contributed by atoms with Gasteiger partial charge in [-0.05, 0) is 36.2 Å². The first-order valence-corrected chi connectivity index (χ1v) is 9.54. The van der Waals surface area contributed by atoms with Gasteiger partial charge in [0.25, 0.3) is 0 Å². The number of nitrogens with zero attached hydrogens (tertiary/aromatic N) is 3. The highest BCUT2D eigenvalue weighted by Crippen LogP contribution is 2.25. The second-order valence-electron chi connectivity index (χ2n) is 7.21. The molecule has 0 bridgehead atoms. The third kappa shape index (κ3) is 3.52. The number of fused-ring (bicyclic) bond motifs is 1. The molecule has 5 rings (SSSR count). The smallest absolute Gasteiger partial charge is 0.408 e. The fourth-order valence-corrected chi connectivity index (χ4v) is 3.66. The van der Waals surface area contributed by atoms with E-state index in [1.807, 2.05) is 0 Å². The highest BCUT2D eigenvalue weighted by Gasteiger charge is 2.31. The van der Waals surface area contributed by atoms with E-state index in [1.165, 1.54) is 16.7 Å². The Balaban J connectivity index is 1.46. The minimum absolute atomic E-state index is 0.139. The van der Waals surface area contributed by atoms with Crippen LogP contribution in [-0.2, 0) is 16.0 Å². The predicted molar refractivity (Wildman–Crippen MR) is 104 cm³/mol. The molecule has 0 saturated carbocycles. The molecule has 2 aromatic heterocycles. The number of oxazole rings is 1. The van der Waals surface area contributed by atoms with Gasteiger partial charge in [0.2, 0.25) is 23.5 Å². The molecule has 31 heavy (non-hydrogen) atoms. The van der Waals surface area contributed by atoms with E-state index in [0.717, 1.165) is 5.56 Å². The number of hydrogen-bond donors (Lipinski definition) is 1. The van der Waals surface area contributed by atoms with Gasteiger partial charge in [-0.2, -0.15) is 4.98 Å². The van der Waals surface area contributed by atoms with Crippen molar-refractivity contribution in [3.63, 3.8) is 0 Å². The van der Waals surface area contributed by atoms with E-state index in [0.29, 0.717) is 22.6 Å². The Hall–Kier alpha value is -4.08. The Labute approximate surface area is 173 Å². The largest absolute Gasteiger partial charge is 0.420 e. The van der Waals surface area contributed by atoms with Crippen LogP contribution in [0.15, 0.2) is 56.2 Å².